The van der Waals surface area contributed by atoms with Gasteiger partial charge in [-0.2, -0.15) is 0 Å². The number of ether oxygens (including phenoxy) is 2. The Morgan fingerprint density at radius 1 is 1.25 bits per heavy atom. The number of morpholine rings is 1. The maximum atomic E-state index is 13.3. The zero-order valence-corrected chi connectivity index (χ0v) is 15.6. The van der Waals surface area contributed by atoms with Crippen LogP contribution in [0.25, 0.3) is 10.9 Å². The Hall–Kier alpha value is -2.99. The molecule has 5 nitrogen and oxygen atoms in total. The van der Waals surface area contributed by atoms with E-state index in [9.17, 15) is 9.18 Å². The average molecular weight is 380 g/mol. The molecular formula is C22H21FN2O3. The van der Waals surface area contributed by atoms with Crippen LogP contribution in [0.2, 0.25) is 0 Å². The van der Waals surface area contributed by atoms with Crippen molar-refractivity contribution in [2.24, 2.45) is 0 Å². The Morgan fingerprint density at radius 2 is 2.04 bits per heavy atom. The first-order valence-corrected chi connectivity index (χ1v) is 9.34. The lowest BCUT2D eigenvalue weighted by Gasteiger charge is -2.36. The fraction of sp³-hybridized carbons (Fsp3) is 0.273. The van der Waals surface area contributed by atoms with Crippen LogP contribution in [0, 0.1) is 5.82 Å². The lowest BCUT2D eigenvalue weighted by Crippen LogP contribution is -2.39. The molecule has 1 aliphatic heterocycles. The van der Waals surface area contributed by atoms with Crippen LogP contribution in [-0.4, -0.2) is 37.3 Å². The molecule has 1 atom stereocenters. The molecule has 0 saturated carbocycles. The quantitative estimate of drug-likeness (QED) is 0.637. The van der Waals surface area contributed by atoms with E-state index in [1.54, 1.807) is 25.3 Å². The normalized spacial score (nSPS) is 16.9. The van der Waals surface area contributed by atoms with Crippen LogP contribution in [0.4, 0.5) is 10.1 Å². The summed E-state index contributed by atoms with van der Waals surface area (Å²) in [4.78, 5) is 19.1. The van der Waals surface area contributed by atoms with Gasteiger partial charge in [0, 0.05) is 24.7 Å². The number of nitrogens with zero attached hydrogens (tertiary/aromatic N) is 2. The van der Waals surface area contributed by atoms with E-state index in [-0.39, 0.29) is 17.9 Å². The van der Waals surface area contributed by atoms with Crippen LogP contribution >= 0.6 is 0 Å². The van der Waals surface area contributed by atoms with Gasteiger partial charge in [0.25, 0.3) is 0 Å². The highest BCUT2D eigenvalue weighted by molar-refractivity contribution is 6.05. The summed E-state index contributed by atoms with van der Waals surface area (Å²) in [5.41, 5.74) is 2.97. The highest BCUT2D eigenvalue weighted by atomic mass is 19.1. The van der Waals surface area contributed by atoms with Crippen molar-refractivity contribution in [3.05, 3.63) is 71.7 Å². The summed E-state index contributed by atoms with van der Waals surface area (Å²) in [5, 5.41) is 0.896. The number of aromatic nitrogens is 1. The number of hydrogen-bond donors (Lipinski definition) is 0. The van der Waals surface area contributed by atoms with Crippen LogP contribution in [0.1, 0.15) is 28.9 Å². The number of anilines is 1. The van der Waals surface area contributed by atoms with Gasteiger partial charge in [-0.05, 0) is 30.7 Å². The largest absolute Gasteiger partial charge is 0.462 e. The zero-order valence-electron chi connectivity index (χ0n) is 15.6. The van der Waals surface area contributed by atoms with E-state index in [0.29, 0.717) is 31.9 Å². The second-order valence-electron chi connectivity index (χ2n) is 6.62. The topological polar surface area (TPSA) is 51.7 Å². The predicted octanol–water partition coefficient (Wildman–Crippen LogP) is 4.13. The molecule has 3 aromatic rings. The summed E-state index contributed by atoms with van der Waals surface area (Å²) >= 11 is 0. The van der Waals surface area contributed by atoms with Crippen molar-refractivity contribution < 1.29 is 18.7 Å². The van der Waals surface area contributed by atoms with Gasteiger partial charge >= 0.3 is 5.97 Å². The van der Waals surface area contributed by atoms with Gasteiger partial charge in [0.1, 0.15) is 17.5 Å². The first-order chi connectivity index (χ1) is 13.7. The molecule has 4 rings (SSSR count). The maximum Gasteiger partial charge on any atom is 0.341 e. The molecule has 0 spiro atoms. The van der Waals surface area contributed by atoms with Crippen molar-refractivity contribution >= 4 is 22.6 Å². The van der Waals surface area contributed by atoms with Crippen molar-refractivity contribution in [2.45, 2.75) is 13.0 Å². The lowest BCUT2D eigenvalue weighted by molar-refractivity contribution is 0.0393. The molecule has 28 heavy (non-hydrogen) atoms. The molecule has 0 radical (unpaired) electrons. The van der Waals surface area contributed by atoms with Gasteiger partial charge in [-0.25, -0.2) is 9.18 Å². The molecule has 2 aromatic carbocycles. The van der Waals surface area contributed by atoms with Crippen molar-refractivity contribution in [1.29, 1.82) is 0 Å². The van der Waals surface area contributed by atoms with Crippen LogP contribution in [-0.2, 0) is 9.47 Å². The van der Waals surface area contributed by atoms with Crippen LogP contribution in [0.15, 0.2) is 54.7 Å². The third-order valence-electron chi connectivity index (χ3n) is 4.87. The monoisotopic (exact) mass is 380 g/mol. The van der Waals surface area contributed by atoms with Gasteiger partial charge in [0.05, 0.1) is 24.4 Å². The number of fused-ring (bicyclic) bond motifs is 1. The van der Waals surface area contributed by atoms with Gasteiger partial charge in [0.2, 0.25) is 0 Å². The number of esters is 1. The standard InChI is InChI=1S/C22H21FN2O3/c1-2-27-22(26)18-13-24-19-6-4-3-5-17(19)21(18)25-11-12-28-20(14-25)15-7-9-16(23)10-8-15/h3-10,13,20H,2,11-12,14H2,1H3. The molecule has 6 heteroatoms. The first kappa shape index (κ1) is 18.4. The van der Waals surface area contributed by atoms with Crippen LogP contribution in [0.3, 0.4) is 0 Å². The number of carbonyl (C=O) groups excluding carboxylic acids is 1. The Bertz CT molecular complexity index is 991. The number of pyridine rings is 1. The molecule has 2 heterocycles. The number of carbonyl (C=O) groups is 1. The average Bonchev–Trinajstić information content (AvgIpc) is 2.73. The van der Waals surface area contributed by atoms with E-state index in [4.69, 9.17) is 9.47 Å². The number of rotatable bonds is 4. The zero-order chi connectivity index (χ0) is 19.5. The first-order valence-electron chi connectivity index (χ1n) is 9.34. The summed E-state index contributed by atoms with van der Waals surface area (Å²) in [6.45, 7) is 3.77. The van der Waals surface area contributed by atoms with E-state index in [1.165, 1.54) is 12.1 Å². The molecule has 1 aliphatic rings. The fourth-order valence-electron chi connectivity index (χ4n) is 3.56. The van der Waals surface area contributed by atoms with E-state index in [2.05, 4.69) is 9.88 Å². The van der Waals surface area contributed by atoms with Crippen molar-refractivity contribution in [2.75, 3.05) is 31.2 Å². The molecule has 144 valence electrons. The summed E-state index contributed by atoms with van der Waals surface area (Å²) in [6.07, 6.45) is 1.37. The Balaban J connectivity index is 1.75. The summed E-state index contributed by atoms with van der Waals surface area (Å²) in [5.74, 6) is -0.665. The minimum atomic E-state index is -0.388. The van der Waals surface area contributed by atoms with Crippen molar-refractivity contribution in [1.82, 2.24) is 4.98 Å². The van der Waals surface area contributed by atoms with Crippen LogP contribution < -0.4 is 4.90 Å². The molecule has 0 N–H and O–H groups in total. The molecule has 1 unspecified atom stereocenters. The van der Waals surface area contributed by atoms with Gasteiger partial charge < -0.3 is 14.4 Å². The summed E-state index contributed by atoms with van der Waals surface area (Å²) in [6, 6.07) is 14.1. The molecule has 1 saturated heterocycles. The van der Waals surface area contributed by atoms with Crippen LogP contribution in [0.5, 0.6) is 0 Å². The van der Waals surface area contributed by atoms with Crippen molar-refractivity contribution in [3.63, 3.8) is 0 Å². The van der Waals surface area contributed by atoms with E-state index in [0.717, 1.165) is 22.2 Å². The minimum Gasteiger partial charge on any atom is -0.462 e. The molecule has 0 amide bonds. The van der Waals surface area contributed by atoms with E-state index < -0.39 is 0 Å². The molecule has 1 aromatic heterocycles. The highest BCUT2D eigenvalue weighted by Gasteiger charge is 2.27. The Morgan fingerprint density at radius 3 is 2.82 bits per heavy atom. The fourth-order valence-corrected chi connectivity index (χ4v) is 3.56. The highest BCUT2D eigenvalue weighted by Crippen LogP contribution is 2.34. The molecular weight excluding hydrogens is 359 g/mol. The van der Waals surface area contributed by atoms with Gasteiger partial charge in [-0.15, -0.1) is 0 Å². The predicted molar refractivity (Wildman–Crippen MR) is 105 cm³/mol. The number of benzene rings is 2. The SMILES string of the molecule is CCOC(=O)c1cnc2ccccc2c1N1CCOC(c2ccc(F)cc2)C1. The van der Waals surface area contributed by atoms with Gasteiger partial charge in [0.15, 0.2) is 0 Å². The summed E-state index contributed by atoms with van der Waals surface area (Å²) < 4.78 is 24.4. The molecule has 1 fully saturated rings. The van der Waals surface area contributed by atoms with Gasteiger partial charge in [-0.1, -0.05) is 30.3 Å². The van der Waals surface area contributed by atoms with Gasteiger partial charge in [-0.3, -0.25) is 4.98 Å². The number of para-hydroxylation sites is 1. The lowest BCUT2D eigenvalue weighted by atomic mass is 10.0. The number of halogens is 1. The Kier molecular flexibility index (Phi) is 5.21. The second-order valence-corrected chi connectivity index (χ2v) is 6.62. The smallest absolute Gasteiger partial charge is 0.341 e. The van der Waals surface area contributed by atoms with Crippen molar-refractivity contribution in [3.8, 4) is 0 Å². The maximum absolute atomic E-state index is 13.3. The summed E-state index contributed by atoms with van der Waals surface area (Å²) in [7, 11) is 0. The third kappa shape index (κ3) is 3.55. The molecule has 0 aliphatic carbocycles. The second kappa shape index (κ2) is 7.94. The third-order valence-corrected chi connectivity index (χ3v) is 4.87. The number of hydrogen-bond acceptors (Lipinski definition) is 5. The Labute approximate surface area is 162 Å². The molecule has 0 bridgehead atoms. The van der Waals surface area contributed by atoms with E-state index in [1.807, 2.05) is 24.3 Å². The minimum absolute atomic E-state index is 0.212. The van der Waals surface area contributed by atoms with E-state index >= 15 is 0 Å².